The van der Waals surface area contributed by atoms with Crippen LogP contribution in [0.1, 0.15) is 111 Å². The van der Waals surface area contributed by atoms with Gasteiger partial charge in [-0.2, -0.15) is 0 Å². The molecule has 0 spiro atoms. The summed E-state index contributed by atoms with van der Waals surface area (Å²) >= 11 is 2.55. The minimum absolute atomic E-state index is 0.146. The number of ether oxygens (including phenoxy) is 1. The number of nitrogens with one attached hydrogen (secondary N) is 6. The van der Waals surface area contributed by atoms with Crippen molar-refractivity contribution in [2.24, 2.45) is 29.4 Å². The summed E-state index contributed by atoms with van der Waals surface area (Å²) in [6.45, 7) is 9.00. The lowest BCUT2D eigenvalue weighted by Gasteiger charge is -2.32. The van der Waals surface area contributed by atoms with Gasteiger partial charge in [-0.05, 0) is 42.9 Å². The number of likely N-dealkylation sites (tertiary alicyclic amines) is 1. The number of imide groups is 1. The molecule has 1 unspecified atom stereocenters. The number of thioether (sulfide) groups is 2. The van der Waals surface area contributed by atoms with Crippen LogP contribution in [-0.2, 0) is 59.2 Å². The molecule has 4 aliphatic rings. The molecule has 81 heavy (non-hydrogen) atoms. The van der Waals surface area contributed by atoms with E-state index in [1.165, 1.54) is 23.6 Å². The summed E-state index contributed by atoms with van der Waals surface area (Å²) in [5.41, 5.74) is 6.59. The number of carbonyl (C=O) groups excluding carboxylic acids is 11. The van der Waals surface area contributed by atoms with Gasteiger partial charge in [-0.1, -0.05) is 60.8 Å². The second-order valence-electron chi connectivity index (χ2n) is 22.6. The van der Waals surface area contributed by atoms with Gasteiger partial charge in [-0.3, -0.25) is 57.6 Å². The highest BCUT2D eigenvalue weighted by atomic mass is 32.2. The van der Waals surface area contributed by atoms with Crippen LogP contribution in [0.4, 0.5) is 0 Å². The number of Topliss-reactive ketones (excluding diaryl/α,β-unsaturated/α-hetero) is 2. The molecule has 0 aliphatic carbocycles. The van der Waals surface area contributed by atoms with Crippen LogP contribution in [-0.4, -0.2) is 186 Å². The van der Waals surface area contributed by atoms with Gasteiger partial charge in [0.25, 0.3) is 0 Å². The molecular weight excluding hydrogens is 1090 g/mol. The predicted molar refractivity (Wildman–Crippen MR) is 299 cm³/mol. The third-order valence-electron chi connectivity index (χ3n) is 15.2. The summed E-state index contributed by atoms with van der Waals surface area (Å²) in [6, 6.07) is -0.508. The fourth-order valence-corrected chi connectivity index (χ4v) is 13.0. The van der Waals surface area contributed by atoms with Crippen molar-refractivity contribution in [2.75, 3.05) is 45.1 Å². The number of aliphatic hydroxyl groups excluding tert-OH is 3. The van der Waals surface area contributed by atoms with Gasteiger partial charge in [-0.25, -0.2) is 0 Å². The monoisotopic (exact) mass is 1170 g/mol. The van der Waals surface area contributed by atoms with Crippen LogP contribution in [0.5, 0.6) is 5.75 Å². The van der Waals surface area contributed by atoms with Gasteiger partial charge >= 0.3 is 0 Å². The smallest absolute Gasteiger partial charge is 0.243 e. The van der Waals surface area contributed by atoms with Crippen LogP contribution < -0.4 is 37.1 Å². The molecule has 11 atom stereocenters. The van der Waals surface area contributed by atoms with Crippen LogP contribution in [0.25, 0.3) is 10.9 Å². The zero-order valence-electron chi connectivity index (χ0n) is 46.8. The van der Waals surface area contributed by atoms with Crippen molar-refractivity contribution in [2.45, 2.75) is 164 Å². The number of hydrogen-bond donors (Lipinski definition) is 10. The molecule has 26 heteroatoms. The zero-order chi connectivity index (χ0) is 59.5. The number of H-pyrrole nitrogens is 1. The largest absolute Gasteiger partial charge is 0.494 e. The van der Waals surface area contributed by atoms with Gasteiger partial charge in [0.2, 0.25) is 53.2 Å². The lowest BCUT2D eigenvalue weighted by atomic mass is 9.85. The van der Waals surface area contributed by atoms with Gasteiger partial charge in [-0.15, -0.1) is 23.5 Å². The normalized spacial score (nSPS) is 26.5. The highest BCUT2D eigenvalue weighted by molar-refractivity contribution is 8.02. The summed E-state index contributed by atoms with van der Waals surface area (Å²) < 4.78 is 6.02. The third-order valence-corrected chi connectivity index (χ3v) is 17.7. The Labute approximate surface area is 479 Å². The number of benzene rings is 1. The molecule has 4 aliphatic heterocycles. The minimum Gasteiger partial charge on any atom is -0.494 e. The van der Waals surface area contributed by atoms with Gasteiger partial charge < -0.3 is 62.3 Å². The first-order valence-corrected chi connectivity index (χ1v) is 29.6. The molecule has 2 bridgehead atoms. The predicted octanol–water partition coefficient (Wildman–Crippen LogP) is 0.138. The Morgan fingerprint density at radius 1 is 0.852 bits per heavy atom. The van der Waals surface area contributed by atoms with E-state index in [0.717, 1.165) is 29.5 Å². The average molecular weight is 1170 g/mol. The van der Waals surface area contributed by atoms with Crippen molar-refractivity contribution in [3.8, 4) is 5.75 Å². The molecule has 0 radical (unpaired) electrons. The second kappa shape index (κ2) is 28.7. The van der Waals surface area contributed by atoms with Gasteiger partial charge in [0.05, 0.1) is 72.3 Å². The number of rotatable bonds is 16. The topological polar surface area (TPSA) is 366 Å². The number of aromatic amines is 1. The van der Waals surface area contributed by atoms with Crippen molar-refractivity contribution in [3.63, 3.8) is 0 Å². The van der Waals surface area contributed by atoms with E-state index in [1.807, 2.05) is 20.8 Å². The fourth-order valence-electron chi connectivity index (χ4n) is 10.5. The Morgan fingerprint density at radius 3 is 2.22 bits per heavy atom. The van der Waals surface area contributed by atoms with Crippen molar-refractivity contribution in [3.05, 3.63) is 23.8 Å². The molecule has 2 saturated heterocycles. The lowest BCUT2D eigenvalue weighted by Crippen LogP contribution is -2.56. The number of amides is 9. The SMILES string of the molecule is CC[C@H](C)[C@@H]1NC(=O)CNC(=O)[C@H]2CC(=O)[C@H]([C@@H](C)[C@@H](O)CO)NC(=O)[C@@H]3C[C@@H](O)CN3C(=O)[C@H](CC(N)=O)CC(=O)[C@H](CSc3[nH]c4cc(OCCCCCCN5C(=O)CC(SC(C)(C)C)C5=O)ccc4c3C2)NC(=O)CNC1=O. The Hall–Kier alpha value is -6.09. The second-order valence-corrected chi connectivity index (χ2v) is 25.7. The number of fused-ring (bicyclic) bond motifs is 5. The average Bonchev–Trinajstić information content (AvgIpc) is 4.11. The van der Waals surface area contributed by atoms with Crippen LogP contribution in [0, 0.1) is 23.7 Å². The maximum Gasteiger partial charge on any atom is 0.243 e. The number of aromatic nitrogens is 1. The zero-order valence-corrected chi connectivity index (χ0v) is 48.5. The quantitative estimate of drug-likeness (QED) is 0.0789. The first kappa shape index (κ1) is 64.1. The first-order valence-electron chi connectivity index (χ1n) is 27.8. The fraction of sp³-hybridized carbons (Fsp3) is 0.655. The molecule has 1 aromatic heterocycles. The third kappa shape index (κ3) is 17.2. The van der Waals surface area contributed by atoms with E-state index >= 15 is 0 Å². The molecule has 2 fully saturated rings. The van der Waals surface area contributed by atoms with E-state index in [4.69, 9.17) is 10.5 Å². The maximum absolute atomic E-state index is 14.8. The first-order chi connectivity index (χ1) is 38.3. The Bertz CT molecular complexity index is 2700. The molecule has 24 nitrogen and oxygen atoms in total. The number of aliphatic hydroxyl groups is 3. The number of primary amides is 1. The van der Waals surface area contributed by atoms with Crippen molar-refractivity contribution in [1.29, 1.82) is 0 Å². The minimum atomic E-state index is -1.61. The molecule has 6 rings (SSSR count). The van der Waals surface area contributed by atoms with Gasteiger partial charge in [0.15, 0.2) is 11.6 Å². The van der Waals surface area contributed by atoms with E-state index in [1.54, 1.807) is 32.0 Å². The number of unbranched alkanes of at least 4 members (excludes halogenated alkanes) is 3. The Balaban J connectivity index is 1.37. The van der Waals surface area contributed by atoms with E-state index in [9.17, 15) is 68.1 Å². The number of carbonyl (C=O) groups is 11. The maximum atomic E-state index is 14.8. The highest BCUT2D eigenvalue weighted by Crippen LogP contribution is 2.37. The number of nitrogens with zero attached hydrogens (tertiary/aromatic N) is 2. The number of hydrogen-bond acceptors (Lipinski definition) is 17. The molecule has 9 amide bonds. The molecular formula is C55H79N9O15S2. The van der Waals surface area contributed by atoms with E-state index in [-0.39, 0.29) is 46.8 Å². The Kier molecular flexibility index (Phi) is 22.7. The van der Waals surface area contributed by atoms with Gasteiger partial charge in [0, 0.05) is 79.0 Å². The Morgan fingerprint density at radius 2 is 1.54 bits per heavy atom. The lowest BCUT2D eigenvalue weighted by molar-refractivity contribution is -0.145. The standard InChI is InChI=1S/C55H79N9O15S2/c1-7-28(2)47-51(76)58-23-44(71)59-37-27-80-52-35(34-13-12-33(21-36(34)60-52)79-15-11-9-8-10-14-63-46(73)22-42(54(63)78)81-55(4,5)6)16-30(49(74)57-24-45(72)61-47)17-40(68)48(29(3)41(69)26-65)62-50(75)38-20-32(66)25-64(38)53(77)31(18-39(37)67)19-43(56)70/h12-13,21,28-32,37-38,41-42,47-48,60,65-66,69H,7-11,14-20,22-27H2,1-6H3,(H2,56,70)(H,57,74)(H,58,76)(H,59,71)(H,61,72)(H,62,75)/t28-,29-,30+,31-,32+,37-,38-,41-,42?,47-,48-/m0/s1. The molecule has 0 saturated carbocycles. The summed E-state index contributed by atoms with van der Waals surface area (Å²) in [5.74, 6) is -12.1. The summed E-state index contributed by atoms with van der Waals surface area (Å²) in [4.78, 5) is 158. The van der Waals surface area contributed by atoms with E-state index in [2.05, 4.69) is 31.6 Å². The molecule has 11 N–H and O–H groups in total. The van der Waals surface area contributed by atoms with Crippen molar-refractivity contribution >= 4 is 99.2 Å². The summed E-state index contributed by atoms with van der Waals surface area (Å²) in [5, 5.41) is 45.4. The van der Waals surface area contributed by atoms with Gasteiger partial charge in [0.1, 0.15) is 17.8 Å². The van der Waals surface area contributed by atoms with Crippen molar-refractivity contribution in [1.82, 2.24) is 41.4 Å². The van der Waals surface area contributed by atoms with Crippen LogP contribution >= 0.6 is 23.5 Å². The molecule has 2 aromatic rings. The molecule has 5 heterocycles. The van der Waals surface area contributed by atoms with E-state index < -0.39 is 158 Å². The highest BCUT2D eigenvalue weighted by Gasteiger charge is 2.45. The van der Waals surface area contributed by atoms with Crippen LogP contribution in [0.3, 0.4) is 0 Å². The summed E-state index contributed by atoms with van der Waals surface area (Å²) in [6.07, 6.45) is -2.02. The van der Waals surface area contributed by atoms with E-state index in [0.29, 0.717) is 59.7 Å². The van der Waals surface area contributed by atoms with Crippen molar-refractivity contribution < 1.29 is 72.8 Å². The molecule has 1 aromatic carbocycles. The number of ketones is 2. The van der Waals surface area contributed by atoms with Crippen LogP contribution in [0.2, 0.25) is 0 Å². The number of nitrogens with two attached hydrogens (primary N) is 1. The molecule has 446 valence electrons. The summed E-state index contributed by atoms with van der Waals surface area (Å²) in [7, 11) is 0. The van der Waals surface area contributed by atoms with Crippen LogP contribution in [0.15, 0.2) is 23.2 Å².